The molecule has 0 unspecified atom stereocenters. The Kier molecular flexibility index (Phi) is 3.40. The van der Waals surface area contributed by atoms with E-state index < -0.39 is 0 Å². The van der Waals surface area contributed by atoms with Crippen molar-refractivity contribution in [2.24, 2.45) is 0 Å². The van der Waals surface area contributed by atoms with E-state index in [-0.39, 0.29) is 0 Å². The lowest BCUT2D eigenvalue weighted by Gasteiger charge is -2.09. The Morgan fingerprint density at radius 3 is 2.67 bits per heavy atom. The summed E-state index contributed by atoms with van der Waals surface area (Å²) < 4.78 is 0. The van der Waals surface area contributed by atoms with E-state index in [1.54, 1.807) is 6.07 Å². The largest absolute Gasteiger partial charge is 0.398 e. The van der Waals surface area contributed by atoms with E-state index in [9.17, 15) is 5.26 Å². The van der Waals surface area contributed by atoms with Crippen molar-refractivity contribution in [2.75, 3.05) is 11.1 Å². The predicted molar refractivity (Wildman–Crippen MR) is 84.6 cm³/mol. The van der Waals surface area contributed by atoms with Gasteiger partial charge in [0.05, 0.1) is 17.1 Å². The molecule has 102 valence electrons. The molecule has 1 heterocycles. The number of hydrogen-bond acceptors (Lipinski definition) is 4. The normalized spacial score (nSPS) is 10.2. The van der Waals surface area contributed by atoms with Gasteiger partial charge in [-0.2, -0.15) is 5.26 Å². The van der Waals surface area contributed by atoms with Crippen molar-refractivity contribution in [3.8, 4) is 6.07 Å². The topological polar surface area (TPSA) is 74.7 Å². The van der Waals surface area contributed by atoms with Gasteiger partial charge < -0.3 is 11.1 Å². The van der Waals surface area contributed by atoms with Gasteiger partial charge in [0.15, 0.2) is 0 Å². The van der Waals surface area contributed by atoms with Crippen molar-refractivity contribution >= 4 is 22.4 Å². The van der Waals surface area contributed by atoms with Crippen LogP contribution in [-0.4, -0.2) is 4.98 Å². The number of nitrogen functional groups attached to an aromatic ring is 1. The highest BCUT2D eigenvalue weighted by Gasteiger charge is 2.05. The first-order valence-corrected chi connectivity index (χ1v) is 6.65. The monoisotopic (exact) mass is 274 g/mol. The Bertz CT molecular complexity index is 834. The molecule has 3 aromatic rings. The molecule has 0 fully saturated rings. The van der Waals surface area contributed by atoms with Gasteiger partial charge in [0.25, 0.3) is 0 Å². The third-order valence-corrected chi connectivity index (χ3v) is 3.35. The molecule has 0 bridgehead atoms. The Morgan fingerprint density at radius 1 is 1.10 bits per heavy atom. The maximum absolute atomic E-state index is 9.26. The van der Waals surface area contributed by atoms with Crippen LogP contribution in [0.25, 0.3) is 10.9 Å². The molecule has 4 heteroatoms. The van der Waals surface area contributed by atoms with Gasteiger partial charge >= 0.3 is 0 Å². The predicted octanol–water partition coefficient (Wildman–Crippen LogP) is 3.30. The molecule has 4 nitrogen and oxygen atoms in total. The van der Waals surface area contributed by atoms with Crippen molar-refractivity contribution < 1.29 is 0 Å². The zero-order chi connectivity index (χ0) is 14.7. The van der Waals surface area contributed by atoms with Crippen LogP contribution in [0.3, 0.4) is 0 Å². The van der Waals surface area contributed by atoms with Crippen LogP contribution in [0.1, 0.15) is 11.1 Å². The molecule has 3 N–H and O–H groups in total. The fourth-order valence-corrected chi connectivity index (χ4v) is 2.24. The van der Waals surface area contributed by atoms with E-state index in [2.05, 4.69) is 16.4 Å². The van der Waals surface area contributed by atoms with Gasteiger partial charge in [0.1, 0.15) is 5.82 Å². The van der Waals surface area contributed by atoms with Crippen molar-refractivity contribution in [3.63, 3.8) is 0 Å². The zero-order valence-electron chi connectivity index (χ0n) is 11.4. The summed E-state index contributed by atoms with van der Waals surface area (Å²) in [5, 5.41) is 13.4. The van der Waals surface area contributed by atoms with Gasteiger partial charge in [-0.05, 0) is 23.8 Å². The van der Waals surface area contributed by atoms with Crippen LogP contribution in [0.5, 0.6) is 0 Å². The smallest absolute Gasteiger partial charge is 0.128 e. The summed E-state index contributed by atoms with van der Waals surface area (Å²) in [6.07, 6.45) is 0. The molecular weight excluding hydrogens is 260 g/mol. The number of benzene rings is 2. The summed E-state index contributed by atoms with van der Waals surface area (Å²) in [6.45, 7) is 0.572. The van der Waals surface area contributed by atoms with Crippen molar-refractivity contribution in [3.05, 3.63) is 65.7 Å². The molecule has 21 heavy (non-hydrogen) atoms. The highest BCUT2D eigenvalue weighted by Crippen LogP contribution is 2.21. The lowest BCUT2D eigenvalue weighted by molar-refractivity contribution is 1.12. The summed E-state index contributed by atoms with van der Waals surface area (Å²) in [6, 6.07) is 19.3. The molecule has 0 spiro atoms. The minimum atomic E-state index is 0.572. The van der Waals surface area contributed by atoms with E-state index in [1.807, 2.05) is 48.5 Å². The van der Waals surface area contributed by atoms with E-state index in [4.69, 9.17) is 5.73 Å². The van der Waals surface area contributed by atoms with Crippen LogP contribution >= 0.6 is 0 Å². The molecule has 0 saturated carbocycles. The fraction of sp³-hybridized carbons (Fsp3) is 0.0588. The number of pyridine rings is 1. The lowest BCUT2D eigenvalue weighted by atomic mass is 10.1. The first kappa shape index (κ1) is 12.9. The van der Waals surface area contributed by atoms with E-state index in [0.29, 0.717) is 17.9 Å². The van der Waals surface area contributed by atoms with Gasteiger partial charge in [0, 0.05) is 17.6 Å². The SMILES string of the molecule is N#Cc1cc(NCc2ccccc2N)nc2ccccc12. The molecule has 3 rings (SSSR count). The van der Waals surface area contributed by atoms with Crippen molar-refractivity contribution in [2.45, 2.75) is 6.54 Å². The van der Waals surface area contributed by atoms with Gasteiger partial charge in [0.2, 0.25) is 0 Å². The number of anilines is 2. The summed E-state index contributed by atoms with van der Waals surface area (Å²) >= 11 is 0. The second kappa shape index (κ2) is 5.51. The van der Waals surface area contributed by atoms with E-state index >= 15 is 0 Å². The minimum Gasteiger partial charge on any atom is -0.398 e. The number of nitriles is 1. The number of fused-ring (bicyclic) bond motifs is 1. The third-order valence-electron chi connectivity index (χ3n) is 3.35. The summed E-state index contributed by atoms with van der Waals surface area (Å²) in [5.74, 6) is 0.675. The summed E-state index contributed by atoms with van der Waals surface area (Å²) in [7, 11) is 0. The minimum absolute atomic E-state index is 0.572. The average molecular weight is 274 g/mol. The molecule has 0 saturated heterocycles. The second-order valence-electron chi connectivity index (χ2n) is 4.74. The molecule has 1 aromatic heterocycles. The van der Waals surface area contributed by atoms with Crippen LogP contribution in [0.2, 0.25) is 0 Å². The number of aromatic nitrogens is 1. The lowest BCUT2D eigenvalue weighted by Crippen LogP contribution is -2.04. The molecule has 0 aliphatic heterocycles. The third kappa shape index (κ3) is 2.63. The van der Waals surface area contributed by atoms with Crippen molar-refractivity contribution in [1.82, 2.24) is 4.98 Å². The molecular formula is C17H14N4. The molecule has 2 aromatic carbocycles. The van der Waals surface area contributed by atoms with Crippen LogP contribution in [0, 0.1) is 11.3 Å². The van der Waals surface area contributed by atoms with Crippen LogP contribution in [0.4, 0.5) is 11.5 Å². The van der Waals surface area contributed by atoms with Crippen LogP contribution in [0.15, 0.2) is 54.6 Å². The van der Waals surface area contributed by atoms with Crippen molar-refractivity contribution in [1.29, 1.82) is 5.26 Å². The van der Waals surface area contributed by atoms with Gasteiger partial charge in [-0.1, -0.05) is 36.4 Å². The number of nitrogens with zero attached hydrogens (tertiary/aromatic N) is 2. The van der Waals surface area contributed by atoms with E-state index in [0.717, 1.165) is 22.2 Å². The molecule has 0 aliphatic carbocycles. The highest BCUT2D eigenvalue weighted by atomic mass is 15.0. The van der Waals surface area contributed by atoms with Crippen LogP contribution in [-0.2, 0) is 6.54 Å². The van der Waals surface area contributed by atoms with Crippen LogP contribution < -0.4 is 11.1 Å². The number of hydrogen-bond donors (Lipinski definition) is 2. The van der Waals surface area contributed by atoms with Gasteiger partial charge in [-0.3, -0.25) is 0 Å². The zero-order valence-corrected chi connectivity index (χ0v) is 11.4. The summed E-state index contributed by atoms with van der Waals surface area (Å²) in [4.78, 5) is 4.53. The number of nitrogens with one attached hydrogen (secondary N) is 1. The Balaban J connectivity index is 1.91. The maximum atomic E-state index is 9.26. The quantitative estimate of drug-likeness (QED) is 0.718. The average Bonchev–Trinajstić information content (AvgIpc) is 2.53. The second-order valence-corrected chi connectivity index (χ2v) is 4.74. The maximum Gasteiger partial charge on any atom is 0.128 e. The highest BCUT2D eigenvalue weighted by molar-refractivity contribution is 5.86. The molecule has 0 radical (unpaired) electrons. The Labute approximate surface area is 122 Å². The Morgan fingerprint density at radius 2 is 1.86 bits per heavy atom. The number of para-hydroxylation sites is 2. The number of nitrogens with two attached hydrogens (primary N) is 1. The standard InChI is InChI=1S/C17H14N4/c18-10-13-9-17(21-16-8-4-2-6-14(13)16)20-11-12-5-1-3-7-15(12)19/h1-9H,11,19H2,(H,20,21). The summed E-state index contributed by atoms with van der Waals surface area (Å²) in [5.41, 5.74) is 9.09. The van der Waals surface area contributed by atoms with E-state index in [1.165, 1.54) is 0 Å². The molecule has 0 aliphatic rings. The first-order valence-electron chi connectivity index (χ1n) is 6.65. The fourth-order valence-electron chi connectivity index (χ4n) is 2.24. The molecule has 0 atom stereocenters. The Hall–Kier alpha value is -3.06. The van der Waals surface area contributed by atoms with Gasteiger partial charge in [-0.15, -0.1) is 0 Å². The first-order chi connectivity index (χ1) is 10.3. The molecule has 0 amide bonds. The number of rotatable bonds is 3. The van der Waals surface area contributed by atoms with Gasteiger partial charge in [-0.25, -0.2) is 4.98 Å².